The molecule has 0 rings (SSSR count). The average molecular weight is 258 g/mol. The van der Waals surface area contributed by atoms with E-state index in [1.807, 2.05) is 0 Å². The molecule has 10 heteroatoms. The Morgan fingerprint density at radius 2 is 1.12 bits per heavy atom. The molecular weight excluding hydrogens is 250 g/mol. The molecule has 1 unspecified atom stereocenters. The van der Waals surface area contributed by atoms with Crippen LogP contribution in [0.4, 0.5) is 26.3 Å². The topological polar surface area (TPSA) is 36.9 Å². The fourth-order valence-corrected chi connectivity index (χ4v) is 0.691. The van der Waals surface area contributed by atoms with Gasteiger partial charge in [0, 0.05) is 0 Å². The molecule has 0 heterocycles. The van der Waals surface area contributed by atoms with Crippen molar-refractivity contribution in [2.24, 2.45) is 0 Å². The average Bonchev–Trinajstić information content (AvgIpc) is 2.15. The first-order chi connectivity index (χ1) is 7.44. The van der Waals surface area contributed by atoms with Gasteiger partial charge in [0.1, 0.15) is 0 Å². The largest absolute Gasteiger partial charge is 0.524 e. The highest BCUT2D eigenvalue weighted by Gasteiger charge is 2.39. The van der Waals surface area contributed by atoms with Crippen LogP contribution in [0.15, 0.2) is 0 Å². The van der Waals surface area contributed by atoms with Gasteiger partial charge in [0.15, 0.2) is 20.6 Å². The zero-order valence-electron chi connectivity index (χ0n) is 7.68. The van der Waals surface area contributed by atoms with E-state index < -0.39 is 39.5 Å². The molecule has 0 fully saturated rings. The fraction of sp³-hybridized carbons (Fsp3) is 1.00. The molecule has 0 bridgehead atoms. The van der Waals surface area contributed by atoms with Crippen molar-refractivity contribution >= 4 is 0 Å². The summed E-state index contributed by atoms with van der Waals surface area (Å²) in [4.78, 5) is 0. The molecular formula is C6H8F6O4. The number of hydrogen-bond acceptors (Lipinski definition) is 4. The van der Waals surface area contributed by atoms with Crippen LogP contribution in [0, 0.1) is 0 Å². The van der Waals surface area contributed by atoms with E-state index in [0.717, 1.165) is 0 Å². The van der Waals surface area contributed by atoms with Crippen molar-refractivity contribution in [1.29, 1.82) is 0 Å². The van der Waals surface area contributed by atoms with Crippen LogP contribution in [-0.4, -0.2) is 39.5 Å². The third-order valence-corrected chi connectivity index (χ3v) is 1.15. The van der Waals surface area contributed by atoms with Crippen LogP contribution in [0.2, 0.25) is 0 Å². The molecule has 0 spiro atoms. The van der Waals surface area contributed by atoms with E-state index in [0.29, 0.717) is 0 Å². The maximum absolute atomic E-state index is 11.7. The number of rotatable bonds is 8. The van der Waals surface area contributed by atoms with Gasteiger partial charge >= 0.3 is 6.36 Å². The Labute approximate surface area is 86.0 Å². The van der Waals surface area contributed by atoms with Crippen LogP contribution in [0.5, 0.6) is 0 Å². The lowest BCUT2D eigenvalue weighted by atomic mass is 10.6. The Balaban J connectivity index is 4.42. The van der Waals surface area contributed by atoms with E-state index in [4.69, 9.17) is 0 Å². The summed E-state index contributed by atoms with van der Waals surface area (Å²) in [6.07, 6.45) is -9.83. The van der Waals surface area contributed by atoms with Gasteiger partial charge in [-0.2, -0.15) is 0 Å². The summed E-state index contributed by atoms with van der Waals surface area (Å²) in [6.45, 7) is -4.85. The minimum Gasteiger partial charge on any atom is -0.316 e. The van der Waals surface area contributed by atoms with Gasteiger partial charge in [-0.15, -0.1) is 13.2 Å². The van der Waals surface area contributed by atoms with Crippen molar-refractivity contribution in [1.82, 2.24) is 0 Å². The minimum atomic E-state index is -5.20. The second-order valence-corrected chi connectivity index (χ2v) is 2.13. The van der Waals surface area contributed by atoms with Crippen LogP contribution in [-0.2, 0) is 18.9 Å². The SMILES string of the molecule is FCOC(OCF)C(OCF)OC(F)(F)F. The lowest BCUT2D eigenvalue weighted by Crippen LogP contribution is -2.39. The van der Waals surface area contributed by atoms with Gasteiger partial charge in [0.2, 0.25) is 12.6 Å². The van der Waals surface area contributed by atoms with Gasteiger partial charge in [-0.05, 0) is 0 Å². The van der Waals surface area contributed by atoms with Crippen molar-refractivity contribution in [3.63, 3.8) is 0 Å². The van der Waals surface area contributed by atoms with Gasteiger partial charge in [-0.3, -0.25) is 4.74 Å². The summed E-state index contributed by atoms with van der Waals surface area (Å²) < 4.78 is 85.1. The van der Waals surface area contributed by atoms with Gasteiger partial charge in [0.25, 0.3) is 0 Å². The molecule has 0 aromatic carbocycles. The fourth-order valence-electron chi connectivity index (χ4n) is 0.691. The molecule has 0 aliphatic rings. The zero-order valence-corrected chi connectivity index (χ0v) is 7.68. The highest BCUT2D eigenvalue weighted by Crippen LogP contribution is 2.22. The number of ether oxygens (including phenoxy) is 4. The first-order valence-electron chi connectivity index (χ1n) is 3.72. The Hall–Kier alpha value is -0.580. The number of alkyl halides is 6. The first kappa shape index (κ1) is 15.4. The predicted octanol–water partition coefficient (Wildman–Crippen LogP) is 2.01. The quantitative estimate of drug-likeness (QED) is 0.493. The molecule has 0 N–H and O–H groups in total. The second kappa shape index (κ2) is 7.65. The highest BCUT2D eigenvalue weighted by atomic mass is 19.4. The van der Waals surface area contributed by atoms with Crippen molar-refractivity contribution in [3.05, 3.63) is 0 Å². The Morgan fingerprint density at radius 1 is 0.750 bits per heavy atom. The summed E-state index contributed by atoms with van der Waals surface area (Å²) in [5, 5.41) is 0. The molecule has 0 aromatic heterocycles. The lowest BCUT2D eigenvalue weighted by molar-refractivity contribution is -0.419. The summed E-state index contributed by atoms with van der Waals surface area (Å²) in [6, 6.07) is 0. The highest BCUT2D eigenvalue weighted by molar-refractivity contribution is 4.51. The van der Waals surface area contributed by atoms with Gasteiger partial charge in [0.05, 0.1) is 0 Å². The van der Waals surface area contributed by atoms with Crippen molar-refractivity contribution < 1.29 is 45.3 Å². The van der Waals surface area contributed by atoms with Crippen LogP contribution in [0.25, 0.3) is 0 Å². The molecule has 0 amide bonds. The summed E-state index contributed by atoms with van der Waals surface area (Å²) in [5.74, 6) is 0. The van der Waals surface area contributed by atoms with Crippen LogP contribution in [0.3, 0.4) is 0 Å². The summed E-state index contributed by atoms with van der Waals surface area (Å²) >= 11 is 0. The molecule has 0 aromatic rings. The Morgan fingerprint density at radius 3 is 1.44 bits per heavy atom. The smallest absolute Gasteiger partial charge is 0.316 e. The third kappa shape index (κ3) is 6.82. The molecule has 0 aliphatic carbocycles. The third-order valence-electron chi connectivity index (χ3n) is 1.15. The van der Waals surface area contributed by atoms with Crippen molar-refractivity contribution in [2.75, 3.05) is 20.6 Å². The predicted molar refractivity (Wildman–Crippen MR) is 35.9 cm³/mol. The Bertz CT molecular complexity index is 171. The van der Waals surface area contributed by atoms with E-state index in [-0.39, 0.29) is 0 Å². The molecule has 0 aliphatic heterocycles. The second-order valence-electron chi connectivity index (χ2n) is 2.13. The Kier molecular flexibility index (Phi) is 7.38. The van der Waals surface area contributed by atoms with E-state index in [1.54, 1.807) is 0 Å². The normalized spacial score (nSPS) is 14.4. The van der Waals surface area contributed by atoms with E-state index in [2.05, 4.69) is 18.9 Å². The summed E-state index contributed by atoms with van der Waals surface area (Å²) in [7, 11) is 0. The van der Waals surface area contributed by atoms with Crippen LogP contribution in [0.1, 0.15) is 0 Å². The first-order valence-corrected chi connectivity index (χ1v) is 3.72. The number of halogens is 6. The van der Waals surface area contributed by atoms with Gasteiger partial charge < -0.3 is 14.2 Å². The molecule has 4 nitrogen and oxygen atoms in total. The molecule has 0 saturated heterocycles. The van der Waals surface area contributed by atoms with Crippen LogP contribution < -0.4 is 0 Å². The zero-order chi connectivity index (χ0) is 12.6. The maximum atomic E-state index is 11.7. The minimum absolute atomic E-state index is 1.59. The standard InChI is InChI=1S/C6H8F6O4/c7-1-13-4(14-2-8)5(15-3-9)16-6(10,11)12/h4-5H,1-3H2. The molecule has 0 saturated carbocycles. The van der Waals surface area contributed by atoms with Gasteiger partial charge in [-0.1, -0.05) is 0 Å². The molecule has 0 radical (unpaired) electrons. The van der Waals surface area contributed by atoms with Gasteiger partial charge in [-0.25, -0.2) is 13.2 Å². The van der Waals surface area contributed by atoms with E-state index in [9.17, 15) is 26.3 Å². The molecule has 16 heavy (non-hydrogen) atoms. The van der Waals surface area contributed by atoms with E-state index in [1.165, 1.54) is 0 Å². The molecule has 98 valence electrons. The van der Waals surface area contributed by atoms with Crippen molar-refractivity contribution in [3.8, 4) is 0 Å². The molecule has 1 atom stereocenters. The maximum Gasteiger partial charge on any atom is 0.524 e. The van der Waals surface area contributed by atoms with Crippen molar-refractivity contribution in [2.45, 2.75) is 18.9 Å². The van der Waals surface area contributed by atoms with E-state index >= 15 is 0 Å². The van der Waals surface area contributed by atoms with Crippen LogP contribution >= 0.6 is 0 Å². The number of hydrogen-bond donors (Lipinski definition) is 0. The monoisotopic (exact) mass is 258 g/mol. The lowest BCUT2D eigenvalue weighted by Gasteiger charge is -2.24. The summed E-state index contributed by atoms with van der Waals surface area (Å²) in [5.41, 5.74) is 0.